The number of rotatable bonds is 3. The molecule has 10 heteroatoms. The topological polar surface area (TPSA) is 117 Å². The van der Waals surface area contributed by atoms with Crippen molar-refractivity contribution < 1.29 is 9.60 Å². The zero-order valence-corrected chi connectivity index (χ0v) is 15.6. The SMILES string of the molecule is NCC1CN(c2cc3c(cc2F)c(=O)c2c(=O)[nH]sc2n3C2CC2)C/C1=N/O. The highest BCUT2D eigenvalue weighted by Crippen LogP contribution is 2.41. The minimum atomic E-state index is -0.548. The zero-order chi connectivity index (χ0) is 19.6. The Morgan fingerprint density at radius 3 is 2.79 bits per heavy atom. The molecule has 1 unspecified atom stereocenters. The summed E-state index contributed by atoms with van der Waals surface area (Å²) in [5.41, 5.74) is 6.32. The fraction of sp³-hybridized carbons (Fsp3) is 0.389. The van der Waals surface area contributed by atoms with Crippen molar-refractivity contribution in [2.45, 2.75) is 18.9 Å². The predicted molar refractivity (Wildman–Crippen MR) is 106 cm³/mol. The number of anilines is 1. The summed E-state index contributed by atoms with van der Waals surface area (Å²) in [5.74, 6) is -0.698. The van der Waals surface area contributed by atoms with E-state index in [9.17, 15) is 19.2 Å². The lowest BCUT2D eigenvalue weighted by atomic mass is 10.1. The number of benzene rings is 1. The van der Waals surface area contributed by atoms with Crippen LogP contribution in [-0.4, -0.2) is 39.5 Å². The van der Waals surface area contributed by atoms with Crippen LogP contribution in [0.25, 0.3) is 21.1 Å². The maximum Gasteiger partial charge on any atom is 0.271 e. The van der Waals surface area contributed by atoms with Gasteiger partial charge in [0.25, 0.3) is 5.56 Å². The second kappa shape index (κ2) is 6.14. The number of nitrogens with zero attached hydrogens (tertiary/aromatic N) is 3. The van der Waals surface area contributed by atoms with Gasteiger partial charge in [-0.2, -0.15) is 0 Å². The standard InChI is InChI=1S/C18H18FN5O3S/c19-11-3-10-13(4-14(11)23-6-8(5-20)12(7-23)21-27)24(9-1-2-9)18-15(16(10)25)17(26)22-28-18/h3-4,8-9,27H,1-2,5-7,20H2,(H,22,26)/b21-12-. The number of pyridine rings is 1. The van der Waals surface area contributed by atoms with Gasteiger partial charge in [0.05, 0.1) is 23.5 Å². The van der Waals surface area contributed by atoms with E-state index >= 15 is 0 Å². The van der Waals surface area contributed by atoms with E-state index in [4.69, 9.17) is 5.73 Å². The molecule has 8 nitrogen and oxygen atoms in total. The van der Waals surface area contributed by atoms with Crippen LogP contribution in [0.5, 0.6) is 0 Å². The third-order valence-electron chi connectivity index (χ3n) is 5.63. The molecule has 3 aromatic rings. The van der Waals surface area contributed by atoms with Crippen molar-refractivity contribution >= 4 is 44.1 Å². The molecule has 2 aliphatic rings. The van der Waals surface area contributed by atoms with E-state index in [2.05, 4.69) is 9.53 Å². The van der Waals surface area contributed by atoms with Gasteiger partial charge in [0.1, 0.15) is 16.0 Å². The average molecular weight is 403 g/mol. The lowest BCUT2D eigenvalue weighted by Gasteiger charge is -2.20. The lowest BCUT2D eigenvalue weighted by molar-refractivity contribution is 0.316. The Labute approximate surface area is 161 Å². The number of aromatic amines is 1. The van der Waals surface area contributed by atoms with Gasteiger partial charge in [-0.15, -0.1) is 0 Å². The van der Waals surface area contributed by atoms with Gasteiger partial charge in [-0.05, 0) is 36.5 Å². The molecule has 5 rings (SSSR count). The molecule has 2 fully saturated rings. The van der Waals surface area contributed by atoms with E-state index in [1.807, 2.05) is 4.57 Å². The fourth-order valence-corrected chi connectivity index (χ4v) is 4.97. The van der Waals surface area contributed by atoms with E-state index in [1.165, 1.54) is 6.07 Å². The van der Waals surface area contributed by atoms with Gasteiger partial charge in [0.2, 0.25) is 5.43 Å². The van der Waals surface area contributed by atoms with Gasteiger partial charge in [0.15, 0.2) is 0 Å². The van der Waals surface area contributed by atoms with Crippen molar-refractivity contribution in [3.8, 4) is 0 Å². The van der Waals surface area contributed by atoms with Crippen LogP contribution in [0.4, 0.5) is 10.1 Å². The summed E-state index contributed by atoms with van der Waals surface area (Å²) in [6.07, 6.45) is 1.90. The van der Waals surface area contributed by atoms with Crippen LogP contribution in [0.15, 0.2) is 26.9 Å². The number of nitrogens with one attached hydrogen (secondary N) is 1. The van der Waals surface area contributed by atoms with Crippen LogP contribution in [0, 0.1) is 11.7 Å². The van der Waals surface area contributed by atoms with Crippen LogP contribution in [0.2, 0.25) is 0 Å². The summed E-state index contributed by atoms with van der Waals surface area (Å²) < 4.78 is 19.6. The van der Waals surface area contributed by atoms with Gasteiger partial charge >= 0.3 is 0 Å². The normalized spacial score (nSPS) is 21.4. The molecule has 1 aromatic carbocycles. The van der Waals surface area contributed by atoms with Gasteiger partial charge in [-0.3, -0.25) is 14.0 Å². The molecule has 0 bridgehead atoms. The number of hydrogen-bond donors (Lipinski definition) is 3. The van der Waals surface area contributed by atoms with E-state index in [-0.39, 0.29) is 29.3 Å². The van der Waals surface area contributed by atoms with Crippen molar-refractivity contribution in [1.82, 2.24) is 8.94 Å². The average Bonchev–Trinajstić information content (AvgIpc) is 3.32. The van der Waals surface area contributed by atoms with Gasteiger partial charge < -0.3 is 20.4 Å². The Kier molecular flexibility index (Phi) is 3.81. The molecule has 4 N–H and O–H groups in total. The molecule has 1 aliphatic heterocycles. The quantitative estimate of drug-likeness (QED) is 0.454. The Balaban J connectivity index is 1.77. The molecule has 1 aliphatic carbocycles. The number of nitrogens with two attached hydrogens (primary N) is 1. The number of halogens is 1. The molecule has 1 saturated carbocycles. The third-order valence-corrected chi connectivity index (χ3v) is 6.51. The lowest BCUT2D eigenvalue weighted by Crippen LogP contribution is -2.24. The first-order chi connectivity index (χ1) is 13.5. The molecule has 2 aromatic heterocycles. The Hall–Kier alpha value is -2.72. The van der Waals surface area contributed by atoms with Crippen LogP contribution in [0.3, 0.4) is 0 Å². The molecule has 0 radical (unpaired) electrons. The molecular weight excluding hydrogens is 385 g/mol. The molecule has 0 amide bonds. The maximum atomic E-state index is 15.0. The van der Waals surface area contributed by atoms with E-state index in [0.29, 0.717) is 34.8 Å². The van der Waals surface area contributed by atoms with Crippen molar-refractivity contribution in [3.05, 3.63) is 38.5 Å². The third kappa shape index (κ3) is 2.41. The molecule has 0 spiro atoms. The summed E-state index contributed by atoms with van der Waals surface area (Å²) >= 11 is 1.14. The number of oxime groups is 1. The summed E-state index contributed by atoms with van der Waals surface area (Å²) in [5, 5.41) is 12.8. The molecule has 1 saturated heterocycles. The van der Waals surface area contributed by atoms with Crippen LogP contribution in [-0.2, 0) is 0 Å². The first kappa shape index (κ1) is 17.4. The fourth-order valence-electron chi connectivity index (χ4n) is 4.05. The van der Waals surface area contributed by atoms with E-state index < -0.39 is 16.8 Å². The smallest absolute Gasteiger partial charge is 0.271 e. The zero-order valence-electron chi connectivity index (χ0n) is 14.8. The summed E-state index contributed by atoms with van der Waals surface area (Å²) in [7, 11) is 0. The van der Waals surface area contributed by atoms with Gasteiger partial charge in [0, 0.05) is 30.4 Å². The minimum Gasteiger partial charge on any atom is -0.411 e. The van der Waals surface area contributed by atoms with Crippen LogP contribution in [0.1, 0.15) is 18.9 Å². The van der Waals surface area contributed by atoms with Crippen molar-refractivity contribution in [1.29, 1.82) is 0 Å². The van der Waals surface area contributed by atoms with Crippen LogP contribution >= 0.6 is 11.5 Å². The molecule has 146 valence electrons. The maximum absolute atomic E-state index is 15.0. The largest absolute Gasteiger partial charge is 0.411 e. The number of aromatic nitrogens is 2. The minimum absolute atomic E-state index is 0.0932. The van der Waals surface area contributed by atoms with Crippen molar-refractivity contribution in [2.24, 2.45) is 16.8 Å². The van der Waals surface area contributed by atoms with E-state index in [0.717, 1.165) is 24.4 Å². The van der Waals surface area contributed by atoms with E-state index in [1.54, 1.807) is 11.0 Å². The number of hydrogen-bond acceptors (Lipinski definition) is 7. The van der Waals surface area contributed by atoms with Crippen LogP contribution < -0.4 is 21.6 Å². The number of fused-ring (bicyclic) bond motifs is 2. The molecule has 3 heterocycles. The Bertz CT molecular complexity index is 1260. The van der Waals surface area contributed by atoms with Gasteiger partial charge in [-0.25, -0.2) is 4.39 Å². The first-order valence-corrected chi connectivity index (χ1v) is 9.90. The van der Waals surface area contributed by atoms with Crippen molar-refractivity contribution in [2.75, 3.05) is 24.5 Å². The first-order valence-electron chi connectivity index (χ1n) is 9.08. The second-order valence-electron chi connectivity index (χ2n) is 7.37. The number of H-pyrrole nitrogens is 1. The summed E-state index contributed by atoms with van der Waals surface area (Å²) in [6, 6.07) is 3.08. The highest BCUT2D eigenvalue weighted by atomic mass is 32.1. The molecular formula is C18H18FN5O3S. The summed E-state index contributed by atoms with van der Waals surface area (Å²) in [6.45, 7) is 1.01. The monoisotopic (exact) mass is 403 g/mol. The van der Waals surface area contributed by atoms with Gasteiger partial charge in [-0.1, -0.05) is 5.16 Å². The Morgan fingerprint density at radius 1 is 1.36 bits per heavy atom. The highest BCUT2D eigenvalue weighted by molar-refractivity contribution is 7.12. The molecule has 1 atom stereocenters. The Morgan fingerprint density at radius 2 is 2.14 bits per heavy atom. The predicted octanol–water partition coefficient (Wildman–Crippen LogP) is 1.60. The van der Waals surface area contributed by atoms with Crippen molar-refractivity contribution in [3.63, 3.8) is 0 Å². The second-order valence-corrected chi connectivity index (χ2v) is 8.16. The highest BCUT2D eigenvalue weighted by Gasteiger charge is 2.32. The molecule has 28 heavy (non-hydrogen) atoms. The summed E-state index contributed by atoms with van der Waals surface area (Å²) in [4.78, 5) is 27.4.